The van der Waals surface area contributed by atoms with Crippen molar-refractivity contribution in [3.8, 4) is 11.3 Å². The Morgan fingerprint density at radius 2 is 2.18 bits per heavy atom. The molecule has 17 heavy (non-hydrogen) atoms. The van der Waals surface area contributed by atoms with E-state index in [1.807, 2.05) is 11.6 Å². The highest BCUT2D eigenvalue weighted by atomic mass is 79.9. The maximum absolute atomic E-state index is 13.2. The first-order chi connectivity index (χ1) is 8.04. The van der Waals surface area contributed by atoms with Crippen LogP contribution >= 0.6 is 15.9 Å². The van der Waals surface area contributed by atoms with Crippen molar-refractivity contribution >= 4 is 15.9 Å². The first-order valence-electron chi connectivity index (χ1n) is 5.22. The van der Waals surface area contributed by atoms with Gasteiger partial charge in [-0.3, -0.25) is 0 Å². The topological polar surface area (TPSA) is 43.8 Å². The van der Waals surface area contributed by atoms with Crippen molar-refractivity contribution in [3.05, 3.63) is 40.0 Å². The number of nitrogens with zero attached hydrogens (tertiary/aromatic N) is 2. The summed E-state index contributed by atoms with van der Waals surface area (Å²) in [6.07, 6.45) is 0. The molecule has 0 atom stereocenters. The van der Waals surface area contributed by atoms with Crippen molar-refractivity contribution in [1.82, 2.24) is 9.55 Å². The van der Waals surface area contributed by atoms with Gasteiger partial charge in [0.25, 0.3) is 0 Å². The molecule has 0 aliphatic heterocycles. The van der Waals surface area contributed by atoms with Gasteiger partial charge in [0.1, 0.15) is 16.2 Å². The molecule has 1 heterocycles. The Hall–Kier alpha value is -1.20. The molecule has 2 aromatic rings. The molecule has 0 amide bonds. The maximum atomic E-state index is 13.2. The first kappa shape index (κ1) is 12.3. The number of benzene rings is 1. The Kier molecular flexibility index (Phi) is 3.31. The fourth-order valence-corrected chi connectivity index (χ4v) is 2.50. The summed E-state index contributed by atoms with van der Waals surface area (Å²) in [6, 6.07) is 5.01. The predicted octanol–water partition coefficient (Wildman–Crippen LogP) is 2.76. The quantitative estimate of drug-likeness (QED) is 0.926. The minimum Gasteiger partial charge on any atom is -0.329 e. The molecular weight excluding hydrogens is 285 g/mol. The van der Waals surface area contributed by atoms with Crippen molar-refractivity contribution in [1.29, 1.82) is 0 Å². The van der Waals surface area contributed by atoms with E-state index in [1.165, 1.54) is 6.07 Å². The lowest BCUT2D eigenvalue weighted by atomic mass is 10.1. The van der Waals surface area contributed by atoms with Crippen LogP contribution in [0, 0.1) is 12.7 Å². The Bertz CT molecular complexity index is 563. The van der Waals surface area contributed by atoms with Crippen molar-refractivity contribution in [2.75, 3.05) is 0 Å². The van der Waals surface area contributed by atoms with Crippen LogP contribution in [0.5, 0.6) is 0 Å². The van der Waals surface area contributed by atoms with E-state index in [9.17, 15) is 4.39 Å². The Labute approximate surface area is 108 Å². The molecule has 0 fully saturated rings. The van der Waals surface area contributed by atoms with Crippen molar-refractivity contribution < 1.29 is 4.39 Å². The Balaban J connectivity index is 2.60. The molecule has 0 saturated heterocycles. The number of hydrogen-bond donors (Lipinski definition) is 1. The highest BCUT2D eigenvalue weighted by Crippen LogP contribution is 2.29. The third-order valence-electron chi connectivity index (χ3n) is 2.76. The van der Waals surface area contributed by atoms with Gasteiger partial charge in [0.15, 0.2) is 0 Å². The van der Waals surface area contributed by atoms with Crippen molar-refractivity contribution in [2.45, 2.75) is 13.5 Å². The van der Waals surface area contributed by atoms with Crippen LogP contribution in [0.15, 0.2) is 22.8 Å². The van der Waals surface area contributed by atoms with E-state index in [0.717, 1.165) is 21.7 Å². The van der Waals surface area contributed by atoms with Gasteiger partial charge in [-0.2, -0.15) is 0 Å². The predicted molar refractivity (Wildman–Crippen MR) is 68.9 cm³/mol. The summed E-state index contributed by atoms with van der Waals surface area (Å²) in [4.78, 5) is 4.32. The zero-order valence-electron chi connectivity index (χ0n) is 9.67. The highest BCUT2D eigenvalue weighted by molar-refractivity contribution is 9.10. The van der Waals surface area contributed by atoms with E-state index in [4.69, 9.17) is 5.73 Å². The van der Waals surface area contributed by atoms with Gasteiger partial charge in [-0.25, -0.2) is 9.37 Å². The van der Waals surface area contributed by atoms with E-state index in [0.29, 0.717) is 12.1 Å². The monoisotopic (exact) mass is 297 g/mol. The summed E-state index contributed by atoms with van der Waals surface area (Å²) in [5, 5.41) is 0. The standard InChI is InChI=1S/C12H13BrFN3/c1-7-5-8(3-4-9(7)14)11-12(13)16-10(6-15)17(11)2/h3-5H,6,15H2,1-2H3. The van der Waals surface area contributed by atoms with E-state index in [1.54, 1.807) is 19.1 Å². The molecule has 0 bridgehead atoms. The van der Waals surface area contributed by atoms with Gasteiger partial charge in [0.05, 0.1) is 12.2 Å². The second-order valence-corrected chi connectivity index (χ2v) is 4.65. The zero-order chi connectivity index (χ0) is 12.6. The molecule has 0 spiro atoms. The van der Waals surface area contributed by atoms with Gasteiger partial charge in [0, 0.05) is 12.6 Å². The normalized spacial score (nSPS) is 10.9. The summed E-state index contributed by atoms with van der Waals surface area (Å²) in [5.41, 5.74) is 8.05. The molecule has 90 valence electrons. The minimum absolute atomic E-state index is 0.203. The molecule has 2 N–H and O–H groups in total. The number of halogens is 2. The van der Waals surface area contributed by atoms with E-state index < -0.39 is 0 Å². The molecule has 1 aromatic heterocycles. The molecule has 0 aliphatic carbocycles. The van der Waals surface area contributed by atoms with Crippen LogP contribution in [0.1, 0.15) is 11.4 Å². The summed E-state index contributed by atoms with van der Waals surface area (Å²) < 4.78 is 15.9. The molecular formula is C12H13BrFN3. The molecule has 1 aromatic carbocycles. The summed E-state index contributed by atoms with van der Waals surface area (Å²) in [5.74, 6) is 0.583. The fraction of sp³-hybridized carbons (Fsp3) is 0.250. The van der Waals surface area contributed by atoms with Gasteiger partial charge in [-0.15, -0.1) is 0 Å². The SMILES string of the molecule is Cc1cc(-c2c(Br)nc(CN)n2C)ccc1F. The average molecular weight is 298 g/mol. The molecule has 0 unspecified atom stereocenters. The number of rotatable bonds is 2. The number of aryl methyl sites for hydroxylation is 1. The Morgan fingerprint density at radius 3 is 2.71 bits per heavy atom. The maximum Gasteiger partial charge on any atom is 0.132 e. The van der Waals surface area contributed by atoms with Crippen LogP contribution in [0.2, 0.25) is 0 Å². The minimum atomic E-state index is -0.203. The largest absolute Gasteiger partial charge is 0.329 e. The van der Waals surface area contributed by atoms with Crippen LogP contribution in [-0.4, -0.2) is 9.55 Å². The molecule has 5 heteroatoms. The van der Waals surface area contributed by atoms with Gasteiger partial charge in [-0.1, -0.05) is 0 Å². The summed E-state index contributed by atoms with van der Waals surface area (Å²) in [7, 11) is 1.90. The van der Waals surface area contributed by atoms with Crippen molar-refractivity contribution in [3.63, 3.8) is 0 Å². The molecule has 0 saturated carbocycles. The fourth-order valence-electron chi connectivity index (χ4n) is 1.80. The number of hydrogen-bond acceptors (Lipinski definition) is 2. The van der Waals surface area contributed by atoms with E-state index in [2.05, 4.69) is 20.9 Å². The summed E-state index contributed by atoms with van der Waals surface area (Å²) >= 11 is 3.41. The smallest absolute Gasteiger partial charge is 0.132 e. The number of nitrogens with two attached hydrogens (primary N) is 1. The second-order valence-electron chi connectivity index (χ2n) is 3.89. The average Bonchev–Trinajstić information content (AvgIpc) is 2.58. The molecule has 2 rings (SSSR count). The van der Waals surface area contributed by atoms with Crippen LogP contribution < -0.4 is 5.73 Å². The zero-order valence-corrected chi connectivity index (χ0v) is 11.3. The molecule has 3 nitrogen and oxygen atoms in total. The third kappa shape index (κ3) is 2.12. The van der Waals surface area contributed by atoms with Crippen LogP contribution in [0.3, 0.4) is 0 Å². The molecule has 0 aliphatic rings. The lowest BCUT2D eigenvalue weighted by Crippen LogP contribution is -2.05. The Morgan fingerprint density at radius 1 is 1.47 bits per heavy atom. The number of imidazole rings is 1. The lowest BCUT2D eigenvalue weighted by Gasteiger charge is -2.06. The van der Waals surface area contributed by atoms with Gasteiger partial charge < -0.3 is 10.3 Å². The van der Waals surface area contributed by atoms with Crippen LogP contribution in [0.4, 0.5) is 4.39 Å². The van der Waals surface area contributed by atoms with E-state index >= 15 is 0 Å². The van der Waals surface area contributed by atoms with Gasteiger partial charge >= 0.3 is 0 Å². The number of aromatic nitrogens is 2. The third-order valence-corrected chi connectivity index (χ3v) is 3.31. The second kappa shape index (κ2) is 4.58. The van der Waals surface area contributed by atoms with Gasteiger partial charge in [-0.05, 0) is 46.6 Å². The highest BCUT2D eigenvalue weighted by Gasteiger charge is 2.14. The van der Waals surface area contributed by atoms with E-state index in [-0.39, 0.29) is 5.82 Å². The lowest BCUT2D eigenvalue weighted by molar-refractivity contribution is 0.618. The van der Waals surface area contributed by atoms with Gasteiger partial charge in [0.2, 0.25) is 0 Å². The summed E-state index contributed by atoms with van der Waals surface area (Å²) in [6.45, 7) is 2.11. The molecule has 0 radical (unpaired) electrons. The van der Waals surface area contributed by atoms with Crippen molar-refractivity contribution in [2.24, 2.45) is 12.8 Å². The van der Waals surface area contributed by atoms with Crippen LogP contribution in [0.25, 0.3) is 11.3 Å². The first-order valence-corrected chi connectivity index (χ1v) is 6.01. The van der Waals surface area contributed by atoms with Crippen LogP contribution in [-0.2, 0) is 13.6 Å².